The molecular weight excluding hydrogens is 465 g/mol. The molecule has 6 aromatic rings. The number of hydrogen-bond acceptors (Lipinski definition) is 5. The van der Waals surface area contributed by atoms with Gasteiger partial charge < -0.3 is 10.3 Å². The number of hydrogen-bond donors (Lipinski definition) is 3. The van der Waals surface area contributed by atoms with Crippen LogP contribution in [-0.4, -0.2) is 30.1 Å². The molecule has 0 unspecified atom stereocenters. The van der Waals surface area contributed by atoms with E-state index in [4.69, 9.17) is 4.98 Å². The van der Waals surface area contributed by atoms with Gasteiger partial charge in [0.15, 0.2) is 0 Å². The predicted octanol–water partition coefficient (Wildman–Crippen LogP) is 7.10. The van der Waals surface area contributed by atoms with Gasteiger partial charge >= 0.3 is 0 Å². The summed E-state index contributed by atoms with van der Waals surface area (Å²) >= 11 is 0. The van der Waals surface area contributed by atoms with Crippen LogP contribution >= 0.6 is 0 Å². The molecule has 6 rings (SSSR count). The fraction of sp³-hybridized carbons (Fsp3) is 0.103. The van der Waals surface area contributed by atoms with E-state index in [9.17, 15) is 4.39 Å². The Kier molecular flexibility index (Phi) is 5.69. The minimum absolute atomic E-state index is 0.280. The van der Waals surface area contributed by atoms with Crippen LogP contribution in [0, 0.1) is 5.82 Å². The summed E-state index contributed by atoms with van der Waals surface area (Å²) in [5.74, 6) is -0.280. The minimum Gasteiger partial charge on any atom is -0.358 e. The topological polar surface area (TPSA) is 95.2 Å². The molecule has 0 amide bonds. The number of H-pyrrole nitrogens is 2. The summed E-state index contributed by atoms with van der Waals surface area (Å²) in [5.41, 5.74) is 9.12. The smallest absolute Gasteiger partial charge is 0.135 e. The van der Waals surface area contributed by atoms with Gasteiger partial charge in [0, 0.05) is 40.1 Å². The highest BCUT2D eigenvalue weighted by molar-refractivity contribution is 5.99. The SMILES string of the molecule is C=C(CCC)Nc1cncc(-c2ccc3[nH]nc(-c4cc5c(-c6ccc(F)cc6)nccc5[nH]4)c3n2)c1. The quantitative estimate of drug-likeness (QED) is 0.222. The summed E-state index contributed by atoms with van der Waals surface area (Å²) in [4.78, 5) is 17.3. The van der Waals surface area contributed by atoms with Crippen molar-refractivity contribution in [3.8, 4) is 33.9 Å². The van der Waals surface area contributed by atoms with Crippen molar-refractivity contribution in [1.82, 2.24) is 30.1 Å². The molecule has 0 saturated heterocycles. The molecule has 3 N–H and O–H groups in total. The summed E-state index contributed by atoms with van der Waals surface area (Å²) in [7, 11) is 0. The summed E-state index contributed by atoms with van der Waals surface area (Å²) in [6, 6.07) is 16.2. The van der Waals surface area contributed by atoms with Crippen LogP contribution in [0.3, 0.4) is 0 Å². The average Bonchev–Trinajstić information content (AvgIpc) is 3.53. The highest BCUT2D eigenvalue weighted by Crippen LogP contribution is 2.33. The van der Waals surface area contributed by atoms with Gasteiger partial charge in [0.1, 0.15) is 17.0 Å². The van der Waals surface area contributed by atoms with Gasteiger partial charge in [-0.05, 0) is 61.0 Å². The van der Waals surface area contributed by atoms with E-state index in [1.807, 2.05) is 30.3 Å². The molecule has 0 aliphatic carbocycles. The molecule has 1 aromatic carbocycles. The second-order valence-electron chi connectivity index (χ2n) is 8.92. The zero-order chi connectivity index (χ0) is 25.4. The van der Waals surface area contributed by atoms with E-state index in [0.29, 0.717) is 5.69 Å². The largest absolute Gasteiger partial charge is 0.358 e. The number of nitrogens with zero attached hydrogens (tertiary/aromatic N) is 4. The summed E-state index contributed by atoms with van der Waals surface area (Å²) in [6.45, 7) is 6.20. The normalized spacial score (nSPS) is 11.3. The Balaban J connectivity index is 1.40. The molecule has 0 atom stereocenters. The van der Waals surface area contributed by atoms with E-state index >= 15 is 0 Å². The lowest BCUT2D eigenvalue weighted by molar-refractivity contribution is 0.628. The molecule has 182 valence electrons. The van der Waals surface area contributed by atoms with Gasteiger partial charge in [-0.3, -0.25) is 15.1 Å². The predicted molar refractivity (Wildman–Crippen MR) is 145 cm³/mol. The van der Waals surface area contributed by atoms with E-state index in [2.05, 4.69) is 44.0 Å². The maximum atomic E-state index is 13.5. The standard InChI is InChI=1S/C29H24FN7/c1-3-4-17(2)33-21-13-19(15-31-16-21)23-9-10-25-28(35-23)29(37-36-25)26-14-22-24(34-26)11-12-32-27(22)18-5-7-20(30)8-6-18/h5-16,33-34H,2-4H2,1H3,(H,36,37). The van der Waals surface area contributed by atoms with Crippen LogP contribution in [-0.2, 0) is 0 Å². The molecule has 0 aliphatic heterocycles. The zero-order valence-corrected chi connectivity index (χ0v) is 20.2. The third kappa shape index (κ3) is 4.33. The number of pyridine rings is 3. The summed E-state index contributed by atoms with van der Waals surface area (Å²) in [5, 5.41) is 11.9. The number of benzene rings is 1. The number of fused-ring (bicyclic) bond motifs is 2. The first kappa shape index (κ1) is 22.6. The zero-order valence-electron chi connectivity index (χ0n) is 20.2. The minimum atomic E-state index is -0.280. The molecule has 0 saturated carbocycles. The monoisotopic (exact) mass is 489 g/mol. The molecule has 0 bridgehead atoms. The van der Waals surface area contributed by atoms with Crippen LogP contribution in [0.4, 0.5) is 10.1 Å². The molecule has 8 heteroatoms. The Morgan fingerprint density at radius 2 is 1.84 bits per heavy atom. The van der Waals surface area contributed by atoms with Gasteiger partial charge in [-0.15, -0.1) is 0 Å². The van der Waals surface area contributed by atoms with Crippen molar-refractivity contribution in [2.24, 2.45) is 0 Å². The lowest BCUT2D eigenvalue weighted by Crippen LogP contribution is -1.98. The molecule has 0 radical (unpaired) electrons. The Bertz CT molecular complexity index is 1750. The van der Waals surface area contributed by atoms with Crippen molar-refractivity contribution in [3.05, 3.63) is 91.3 Å². The third-order valence-electron chi connectivity index (χ3n) is 6.24. The molecule has 0 aliphatic rings. The first-order chi connectivity index (χ1) is 18.1. The summed E-state index contributed by atoms with van der Waals surface area (Å²) < 4.78 is 13.5. The highest BCUT2D eigenvalue weighted by atomic mass is 19.1. The van der Waals surface area contributed by atoms with Gasteiger partial charge in [0.05, 0.1) is 34.5 Å². The van der Waals surface area contributed by atoms with Crippen molar-refractivity contribution in [1.29, 1.82) is 0 Å². The van der Waals surface area contributed by atoms with Crippen LogP contribution in [0.15, 0.2) is 85.5 Å². The second-order valence-corrected chi connectivity index (χ2v) is 8.92. The molecule has 5 heterocycles. The van der Waals surface area contributed by atoms with Crippen LogP contribution in [0.1, 0.15) is 19.8 Å². The lowest BCUT2D eigenvalue weighted by Gasteiger charge is -2.09. The molecule has 37 heavy (non-hydrogen) atoms. The van der Waals surface area contributed by atoms with Crippen LogP contribution in [0.25, 0.3) is 55.8 Å². The van der Waals surface area contributed by atoms with Crippen LogP contribution in [0.5, 0.6) is 0 Å². The van der Waals surface area contributed by atoms with Crippen molar-refractivity contribution in [2.75, 3.05) is 5.32 Å². The maximum Gasteiger partial charge on any atom is 0.135 e. The molecule has 0 fully saturated rings. The fourth-order valence-corrected chi connectivity index (χ4v) is 4.48. The molecular formula is C29H24FN7. The van der Waals surface area contributed by atoms with Gasteiger partial charge in [0.25, 0.3) is 0 Å². The first-order valence-corrected chi connectivity index (χ1v) is 12.1. The summed E-state index contributed by atoms with van der Waals surface area (Å²) in [6.07, 6.45) is 7.24. The van der Waals surface area contributed by atoms with Crippen LogP contribution < -0.4 is 5.32 Å². The average molecular weight is 490 g/mol. The van der Waals surface area contributed by atoms with E-state index < -0.39 is 0 Å². The maximum absolute atomic E-state index is 13.5. The number of allylic oxidation sites excluding steroid dienone is 1. The van der Waals surface area contributed by atoms with Crippen molar-refractivity contribution in [2.45, 2.75) is 19.8 Å². The highest BCUT2D eigenvalue weighted by Gasteiger charge is 2.16. The Morgan fingerprint density at radius 3 is 2.68 bits per heavy atom. The Hall–Kier alpha value is -4.85. The number of anilines is 1. The fourth-order valence-electron chi connectivity index (χ4n) is 4.48. The molecule has 5 aromatic heterocycles. The van der Waals surface area contributed by atoms with Gasteiger partial charge in [-0.1, -0.05) is 19.9 Å². The lowest BCUT2D eigenvalue weighted by atomic mass is 10.1. The van der Waals surface area contributed by atoms with Crippen LogP contribution in [0.2, 0.25) is 0 Å². The Labute approximate surface area is 212 Å². The molecule has 7 nitrogen and oxygen atoms in total. The van der Waals surface area contributed by atoms with Gasteiger partial charge in [-0.25, -0.2) is 9.37 Å². The number of rotatable bonds is 7. The number of halogens is 1. The number of nitrogens with one attached hydrogen (secondary N) is 3. The van der Waals surface area contributed by atoms with Crippen molar-refractivity contribution in [3.63, 3.8) is 0 Å². The first-order valence-electron chi connectivity index (χ1n) is 12.1. The van der Waals surface area contributed by atoms with E-state index in [1.165, 1.54) is 12.1 Å². The van der Waals surface area contributed by atoms with Gasteiger partial charge in [0.2, 0.25) is 0 Å². The van der Waals surface area contributed by atoms with E-state index in [1.54, 1.807) is 30.7 Å². The molecule has 0 spiro atoms. The Morgan fingerprint density at radius 1 is 0.973 bits per heavy atom. The van der Waals surface area contributed by atoms with Crippen molar-refractivity contribution < 1.29 is 4.39 Å². The van der Waals surface area contributed by atoms with Crippen molar-refractivity contribution >= 4 is 27.6 Å². The third-order valence-corrected chi connectivity index (χ3v) is 6.24. The second kappa shape index (κ2) is 9.31. The number of aromatic amines is 2. The number of aromatic nitrogens is 6. The van der Waals surface area contributed by atoms with Gasteiger partial charge in [-0.2, -0.15) is 5.10 Å². The van der Waals surface area contributed by atoms with E-state index in [-0.39, 0.29) is 5.82 Å². The van der Waals surface area contributed by atoms with E-state index in [0.717, 1.165) is 74.4 Å².